The molecule has 2 aliphatic rings. The minimum atomic E-state index is -2.73. The van der Waals surface area contributed by atoms with Crippen LogP contribution in [0.3, 0.4) is 0 Å². The summed E-state index contributed by atoms with van der Waals surface area (Å²) < 4.78 is 27.4. The maximum atomic E-state index is 12.8. The number of rotatable bonds is 3. The summed E-state index contributed by atoms with van der Waals surface area (Å²) >= 11 is 0. The molecule has 2 aromatic rings. The van der Waals surface area contributed by atoms with Crippen molar-refractivity contribution < 1.29 is 18.4 Å². The van der Waals surface area contributed by atoms with E-state index >= 15 is 0 Å². The molecule has 4 heterocycles. The van der Waals surface area contributed by atoms with Crippen molar-refractivity contribution in [3.05, 3.63) is 35.9 Å². The molecule has 0 aromatic carbocycles. The SMILES string of the molecule is CC1(C#N)CC(=O)N(c2cnn3c2CN(C(=O)Nc2ccnc(C(F)F)c2)CC3)C1. The Kier molecular flexibility index (Phi) is 4.85. The zero-order valence-electron chi connectivity index (χ0n) is 16.2. The molecule has 0 saturated carbocycles. The van der Waals surface area contributed by atoms with Gasteiger partial charge in [-0.15, -0.1) is 0 Å². The van der Waals surface area contributed by atoms with Crippen LogP contribution in [0.5, 0.6) is 0 Å². The van der Waals surface area contributed by atoms with E-state index in [2.05, 4.69) is 21.5 Å². The molecular weight excluding hydrogens is 396 g/mol. The monoisotopic (exact) mass is 415 g/mol. The van der Waals surface area contributed by atoms with Crippen molar-refractivity contribution in [3.63, 3.8) is 0 Å². The fraction of sp³-hybridized carbons (Fsp3) is 0.421. The highest BCUT2D eigenvalue weighted by Gasteiger charge is 2.42. The minimum absolute atomic E-state index is 0.132. The summed E-state index contributed by atoms with van der Waals surface area (Å²) in [5, 5.41) is 16.3. The summed E-state index contributed by atoms with van der Waals surface area (Å²) in [5.74, 6) is -0.160. The van der Waals surface area contributed by atoms with Gasteiger partial charge in [0, 0.05) is 31.4 Å². The molecule has 30 heavy (non-hydrogen) atoms. The highest BCUT2D eigenvalue weighted by atomic mass is 19.3. The molecule has 1 atom stereocenters. The van der Waals surface area contributed by atoms with E-state index in [1.54, 1.807) is 22.7 Å². The third-order valence-corrected chi connectivity index (χ3v) is 5.30. The van der Waals surface area contributed by atoms with E-state index in [4.69, 9.17) is 0 Å². The number of halogens is 2. The molecule has 0 radical (unpaired) electrons. The zero-order valence-corrected chi connectivity index (χ0v) is 16.2. The summed E-state index contributed by atoms with van der Waals surface area (Å²) in [5.41, 5.74) is 0.320. The molecule has 1 N–H and O–H groups in total. The summed E-state index contributed by atoms with van der Waals surface area (Å²) in [6.45, 7) is 3.00. The fourth-order valence-corrected chi connectivity index (χ4v) is 3.69. The average molecular weight is 415 g/mol. The number of urea groups is 1. The number of nitrogens with zero attached hydrogens (tertiary/aromatic N) is 6. The van der Waals surface area contributed by atoms with Gasteiger partial charge in [-0.2, -0.15) is 10.4 Å². The number of nitrogens with one attached hydrogen (secondary N) is 1. The van der Waals surface area contributed by atoms with Crippen molar-refractivity contribution in [2.75, 3.05) is 23.3 Å². The van der Waals surface area contributed by atoms with Gasteiger partial charge in [-0.25, -0.2) is 13.6 Å². The Labute approximate surface area is 170 Å². The Morgan fingerprint density at radius 2 is 2.20 bits per heavy atom. The zero-order chi connectivity index (χ0) is 21.5. The van der Waals surface area contributed by atoms with Crippen LogP contribution < -0.4 is 10.2 Å². The number of aromatic nitrogens is 3. The highest BCUT2D eigenvalue weighted by Crippen LogP contribution is 2.36. The second-order valence-corrected chi connectivity index (χ2v) is 7.65. The summed E-state index contributed by atoms with van der Waals surface area (Å²) in [6.07, 6.45) is 0.194. The lowest BCUT2D eigenvalue weighted by Gasteiger charge is -2.29. The lowest BCUT2D eigenvalue weighted by atomic mass is 9.92. The Hall–Kier alpha value is -3.55. The number of carbonyl (C=O) groups excluding carboxylic acids is 2. The molecule has 2 aliphatic heterocycles. The van der Waals surface area contributed by atoms with E-state index in [1.807, 2.05) is 0 Å². The molecule has 1 unspecified atom stereocenters. The van der Waals surface area contributed by atoms with Crippen molar-refractivity contribution >= 4 is 23.3 Å². The number of fused-ring (bicyclic) bond motifs is 1. The van der Waals surface area contributed by atoms with Gasteiger partial charge in [0.25, 0.3) is 6.43 Å². The lowest BCUT2D eigenvalue weighted by Crippen LogP contribution is -2.41. The standard InChI is InChI=1S/C19H19F2N7O2/c1-19(10-22)7-16(29)27(11-19)14-8-24-28-5-4-26(9-15(14)28)18(30)25-12-2-3-23-13(6-12)17(20)21/h2-3,6,8,17H,4-5,7,9,11H2,1H3,(H,23,25,30). The van der Waals surface area contributed by atoms with Crippen LogP contribution in [0.25, 0.3) is 0 Å². The molecule has 3 amide bonds. The molecule has 9 nitrogen and oxygen atoms in total. The van der Waals surface area contributed by atoms with Crippen LogP contribution in [0.1, 0.15) is 31.2 Å². The summed E-state index contributed by atoms with van der Waals surface area (Å²) in [7, 11) is 0. The van der Waals surface area contributed by atoms with E-state index in [-0.39, 0.29) is 31.1 Å². The van der Waals surface area contributed by atoms with Gasteiger partial charge in [-0.1, -0.05) is 0 Å². The maximum absolute atomic E-state index is 12.8. The number of pyridine rings is 1. The Morgan fingerprint density at radius 3 is 2.90 bits per heavy atom. The molecule has 0 spiro atoms. The topological polar surface area (TPSA) is 107 Å². The molecule has 11 heteroatoms. The molecule has 4 rings (SSSR count). The van der Waals surface area contributed by atoms with E-state index in [1.165, 1.54) is 17.2 Å². The number of alkyl halides is 2. The first-order chi connectivity index (χ1) is 14.3. The van der Waals surface area contributed by atoms with Gasteiger partial charge in [0.05, 0.1) is 42.2 Å². The van der Waals surface area contributed by atoms with Crippen molar-refractivity contribution in [2.45, 2.75) is 32.9 Å². The number of hydrogen-bond acceptors (Lipinski definition) is 5. The second kappa shape index (κ2) is 7.37. The second-order valence-electron chi connectivity index (χ2n) is 7.65. The highest BCUT2D eigenvalue weighted by molar-refractivity contribution is 5.97. The van der Waals surface area contributed by atoms with Crippen molar-refractivity contribution in [1.29, 1.82) is 5.26 Å². The van der Waals surface area contributed by atoms with Gasteiger partial charge >= 0.3 is 6.03 Å². The van der Waals surface area contributed by atoms with Crippen molar-refractivity contribution in [2.24, 2.45) is 5.41 Å². The fourth-order valence-electron chi connectivity index (χ4n) is 3.69. The van der Waals surface area contributed by atoms with Crippen molar-refractivity contribution in [1.82, 2.24) is 19.7 Å². The van der Waals surface area contributed by atoms with E-state index in [0.717, 1.165) is 6.07 Å². The predicted octanol–water partition coefficient (Wildman–Crippen LogP) is 2.53. The van der Waals surface area contributed by atoms with Crippen LogP contribution >= 0.6 is 0 Å². The van der Waals surface area contributed by atoms with Gasteiger partial charge in [0.2, 0.25) is 5.91 Å². The Morgan fingerprint density at radius 1 is 1.40 bits per heavy atom. The van der Waals surface area contributed by atoms with E-state index in [0.29, 0.717) is 24.5 Å². The molecule has 156 valence electrons. The van der Waals surface area contributed by atoms with Crippen LogP contribution in [-0.2, 0) is 17.9 Å². The quantitative estimate of drug-likeness (QED) is 0.829. The minimum Gasteiger partial charge on any atom is -0.317 e. The van der Waals surface area contributed by atoms with Gasteiger partial charge in [-0.05, 0) is 19.1 Å². The number of nitriles is 1. The van der Waals surface area contributed by atoms with Crippen LogP contribution in [0, 0.1) is 16.7 Å². The molecule has 0 bridgehead atoms. The largest absolute Gasteiger partial charge is 0.322 e. The Bertz CT molecular complexity index is 1050. The van der Waals surface area contributed by atoms with Crippen LogP contribution in [0.4, 0.5) is 25.0 Å². The predicted molar refractivity (Wildman–Crippen MR) is 102 cm³/mol. The lowest BCUT2D eigenvalue weighted by molar-refractivity contribution is -0.117. The van der Waals surface area contributed by atoms with E-state index < -0.39 is 23.6 Å². The average Bonchev–Trinajstić information content (AvgIpc) is 3.28. The first-order valence-electron chi connectivity index (χ1n) is 9.36. The third-order valence-electron chi connectivity index (χ3n) is 5.30. The van der Waals surface area contributed by atoms with Gasteiger partial charge < -0.3 is 15.1 Å². The normalized spacial score (nSPS) is 21.0. The van der Waals surface area contributed by atoms with Crippen LogP contribution in [0.2, 0.25) is 0 Å². The van der Waals surface area contributed by atoms with Crippen LogP contribution in [-0.4, -0.2) is 44.7 Å². The molecule has 1 fully saturated rings. The Balaban J connectivity index is 1.51. The number of anilines is 2. The summed E-state index contributed by atoms with van der Waals surface area (Å²) in [6, 6.07) is 4.31. The third kappa shape index (κ3) is 3.56. The molecular formula is C19H19F2N7O2. The van der Waals surface area contributed by atoms with Gasteiger partial charge in [-0.3, -0.25) is 14.5 Å². The number of carbonyl (C=O) groups is 2. The van der Waals surface area contributed by atoms with Gasteiger partial charge in [0.15, 0.2) is 0 Å². The summed E-state index contributed by atoms with van der Waals surface area (Å²) in [4.78, 5) is 31.8. The van der Waals surface area contributed by atoms with Crippen LogP contribution in [0.15, 0.2) is 24.5 Å². The molecule has 0 aliphatic carbocycles. The number of amides is 3. The first kappa shape index (κ1) is 19.8. The maximum Gasteiger partial charge on any atom is 0.322 e. The smallest absolute Gasteiger partial charge is 0.317 e. The van der Waals surface area contributed by atoms with E-state index in [9.17, 15) is 23.6 Å². The molecule has 1 saturated heterocycles. The van der Waals surface area contributed by atoms with Crippen molar-refractivity contribution in [3.8, 4) is 6.07 Å². The first-order valence-corrected chi connectivity index (χ1v) is 9.36. The van der Waals surface area contributed by atoms with Gasteiger partial charge in [0.1, 0.15) is 5.69 Å². The molecule has 2 aromatic heterocycles. The number of hydrogen-bond donors (Lipinski definition) is 1.